The van der Waals surface area contributed by atoms with Crippen molar-refractivity contribution in [1.82, 2.24) is 0 Å². The predicted octanol–water partition coefficient (Wildman–Crippen LogP) is 3.86. The molecule has 0 aromatic heterocycles. The average Bonchev–Trinajstić information content (AvgIpc) is 2.28. The molecule has 1 aromatic rings. The Bertz CT molecular complexity index is 493. The summed E-state index contributed by atoms with van der Waals surface area (Å²) in [7, 11) is 0. The third-order valence-electron chi connectivity index (χ3n) is 2.00. The number of halogens is 1. The number of nitrogens with zero attached hydrogens (tertiary/aromatic N) is 3. The lowest BCUT2D eigenvalue weighted by molar-refractivity contribution is 0.0696. The molecule has 0 fully saturated rings. The summed E-state index contributed by atoms with van der Waals surface area (Å²) in [6.45, 7) is 0.364. The molecule has 1 rings (SSSR count). The van der Waals surface area contributed by atoms with E-state index >= 15 is 0 Å². The topological polar surface area (TPSA) is 86.1 Å². The molecule has 0 heterocycles. The first-order valence-electron chi connectivity index (χ1n) is 4.85. The number of rotatable bonds is 5. The van der Waals surface area contributed by atoms with Crippen molar-refractivity contribution >= 4 is 28.0 Å². The van der Waals surface area contributed by atoms with Gasteiger partial charge in [-0.25, -0.2) is 4.79 Å². The number of carboxylic acids is 1. The molecular weight excluding hydrogens is 286 g/mol. The molecule has 0 spiro atoms. The van der Waals surface area contributed by atoms with Gasteiger partial charge in [-0.15, -0.1) is 0 Å². The van der Waals surface area contributed by atoms with Gasteiger partial charge in [0.25, 0.3) is 0 Å². The Labute approximate surface area is 107 Å². The molecule has 5 nitrogen and oxygen atoms in total. The van der Waals surface area contributed by atoms with Gasteiger partial charge in [0.05, 0.1) is 5.56 Å². The maximum atomic E-state index is 11.0. The van der Waals surface area contributed by atoms with Crippen LogP contribution < -0.4 is 0 Å². The van der Waals surface area contributed by atoms with Crippen LogP contribution in [0.25, 0.3) is 16.5 Å². The minimum Gasteiger partial charge on any atom is -0.478 e. The maximum Gasteiger partial charge on any atom is 0.336 e. The fraction of sp³-hybridized carbons (Fsp3) is 0.182. The van der Waals surface area contributed by atoms with Crippen molar-refractivity contribution in [1.29, 1.82) is 0 Å². The lowest BCUT2D eigenvalue weighted by Crippen LogP contribution is -1.99. The highest BCUT2D eigenvalue weighted by Gasteiger charge is 2.07. The number of benzene rings is 1. The first-order chi connectivity index (χ1) is 8.15. The van der Waals surface area contributed by atoms with E-state index in [4.69, 9.17) is 10.6 Å². The highest BCUT2D eigenvalue weighted by Crippen LogP contribution is 2.18. The van der Waals surface area contributed by atoms with Crippen LogP contribution in [-0.2, 0) is 0 Å². The van der Waals surface area contributed by atoms with E-state index in [1.54, 1.807) is 30.4 Å². The molecule has 1 aromatic carbocycles. The summed E-state index contributed by atoms with van der Waals surface area (Å²) in [5.41, 5.74) is 8.95. The number of azide groups is 1. The van der Waals surface area contributed by atoms with Gasteiger partial charge in [-0.05, 0) is 35.7 Å². The Kier molecular flexibility index (Phi) is 5.26. The van der Waals surface area contributed by atoms with Crippen LogP contribution in [0.4, 0.5) is 0 Å². The van der Waals surface area contributed by atoms with Gasteiger partial charge in [-0.3, -0.25) is 0 Å². The second-order valence-corrected chi connectivity index (χ2v) is 4.10. The van der Waals surface area contributed by atoms with Gasteiger partial charge < -0.3 is 5.11 Å². The molecular formula is C11H10BrN3O2. The van der Waals surface area contributed by atoms with Crippen molar-refractivity contribution in [2.24, 2.45) is 5.11 Å². The van der Waals surface area contributed by atoms with Gasteiger partial charge in [0.1, 0.15) is 0 Å². The smallest absolute Gasteiger partial charge is 0.336 e. The van der Waals surface area contributed by atoms with Crippen LogP contribution in [0, 0.1) is 0 Å². The molecule has 0 saturated heterocycles. The van der Waals surface area contributed by atoms with Crippen LogP contribution >= 0.6 is 15.9 Å². The molecule has 0 amide bonds. The molecule has 0 saturated carbocycles. The van der Waals surface area contributed by atoms with Crippen LogP contribution in [0.15, 0.2) is 33.9 Å². The fourth-order valence-electron chi connectivity index (χ4n) is 1.25. The Morgan fingerprint density at radius 1 is 1.59 bits per heavy atom. The Balaban J connectivity index is 2.84. The van der Waals surface area contributed by atoms with E-state index in [0.717, 1.165) is 4.47 Å². The summed E-state index contributed by atoms with van der Waals surface area (Å²) in [6.07, 6.45) is 4.07. The molecule has 6 heteroatoms. The van der Waals surface area contributed by atoms with Gasteiger partial charge >= 0.3 is 5.97 Å². The van der Waals surface area contributed by atoms with Gasteiger partial charge in [-0.2, -0.15) is 0 Å². The van der Waals surface area contributed by atoms with Gasteiger partial charge in [0.15, 0.2) is 0 Å². The Morgan fingerprint density at radius 3 is 3.00 bits per heavy atom. The third-order valence-corrected chi connectivity index (χ3v) is 2.49. The standard InChI is InChI=1S/C11H10BrN3O2/c12-9-4-5-10(11(16)17)8(7-9)3-1-2-6-14-15-13/h1,3-5,7H,2,6H2,(H,16,17). The number of aromatic carboxylic acids is 1. The van der Waals surface area contributed by atoms with Crippen molar-refractivity contribution < 1.29 is 9.90 Å². The molecule has 1 N–H and O–H groups in total. The van der Waals surface area contributed by atoms with Crippen LogP contribution in [0.2, 0.25) is 0 Å². The molecule has 0 aliphatic heterocycles. The van der Waals surface area contributed by atoms with Crippen molar-refractivity contribution in [3.63, 3.8) is 0 Å². The quantitative estimate of drug-likeness (QED) is 0.387. The number of hydrogen-bond acceptors (Lipinski definition) is 2. The fourth-order valence-corrected chi connectivity index (χ4v) is 1.63. The third kappa shape index (κ3) is 4.30. The first-order valence-corrected chi connectivity index (χ1v) is 5.64. The van der Waals surface area contributed by atoms with Gasteiger partial charge in [0, 0.05) is 15.9 Å². The molecule has 0 bridgehead atoms. The zero-order chi connectivity index (χ0) is 12.7. The summed E-state index contributed by atoms with van der Waals surface area (Å²) >= 11 is 3.29. The van der Waals surface area contributed by atoms with Crippen molar-refractivity contribution in [3.8, 4) is 0 Å². The van der Waals surface area contributed by atoms with Crippen molar-refractivity contribution in [2.75, 3.05) is 6.54 Å². The van der Waals surface area contributed by atoms with Crippen molar-refractivity contribution in [3.05, 3.63) is 50.3 Å². The molecule has 0 aliphatic carbocycles. The predicted molar refractivity (Wildman–Crippen MR) is 68.8 cm³/mol. The number of carboxylic acid groups (broad SMARTS) is 1. The van der Waals surface area contributed by atoms with Gasteiger partial charge in [0.2, 0.25) is 0 Å². The summed E-state index contributed by atoms with van der Waals surface area (Å²) in [5, 5.41) is 12.4. The lowest BCUT2D eigenvalue weighted by atomic mass is 10.1. The highest BCUT2D eigenvalue weighted by molar-refractivity contribution is 9.10. The van der Waals surface area contributed by atoms with E-state index in [0.29, 0.717) is 18.5 Å². The number of carbonyl (C=O) groups is 1. The molecule has 0 unspecified atom stereocenters. The SMILES string of the molecule is [N-]=[N+]=NCCC=Cc1cc(Br)ccc1C(=O)O. The summed E-state index contributed by atoms with van der Waals surface area (Å²) in [6, 6.07) is 4.95. The maximum absolute atomic E-state index is 11.0. The Morgan fingerprint density at radius 2 is 2.35 bits per heavy atom. The zero-order valence-electron chi connectivity index (χ0n) is 8.88. The molecule has 0 radical (unpaired) electrons. The van der Waals surface area contributed by atoms with E-state index in [2.05, 4.69) is 26.0 Å². The Hall–Kier alpha value is -1.78. The first kappa shape index (κ1) is 13.3. The van der Waals surface area contributed by atoms with Crippen LogP contribution in [-0.4, -0.2) is 17.6 Å². The normalized spacial score (nSPS) is 10.2. The van der Waals surface area contributed by atoms with E-state index in [1.165, 1.54) is 0 Å². The molecule has 0 aliphatic rings. The summed E-state index contributed by atoms with van der Waals surface area (Å²) in [4.78, 5) is 13.6. The molecule has 88 valence electrons. The van der Waals surface area contributed by atoms with E-state index in [9.17, 15) is 4.79 Å². The highest BCUT2D eigenvalue weighted by atomic mass is 79.9. The van der Waals surface area contributed by atoms with Crippen LogP contribution in [0.5, 0.6) is 0 Å². The van der Waals surface area contributed by atoms with Crippen LogP contribution in [0.1, 0.15) is 22.3 Å². The van der Waals surface area contributed by atoms with E-state index < -0.39 is 5.97 Å². The second-order valence-electron chi connectivity index (χ2n) is 3.18. The zero-order valence-corrected chi connectivity index (χ0v) is 10.5. The molecule has 0 atom stereocenters. The second kappa shape index (κ2) is 6.73. The van der Waals surface area contributed by atoms with Crippen LogP contribution in [0.3, 0.4) is 0 Å². The largest absolute Gasteiger partial charge is 0.478 e. The van der Waals surface area contributed by atoms with E-state index in [1.807, 2.05) is 0 Å². The van der Waals surface area contributed by atoms with Crippen molar-refractivity contribution in [2.45, 2.75) is 6.42 Å². The summed E-state index contributed by atoms with van der Waals surface area (Å²) < 4.78 is 0.817. The van der Waals surface area contributed by atoms with E-state index in [-0.39, 0.29) is 5.56 Å². The molecule has 17 heavy (non-hydrogen) atoms. The minimum atomic E-state index is -0.966. The number of hydrogen-bond donors (Lipinski definition) is 1. The monoisotopic (exact) mass is 295 g/mol. The van der Waals surface area contributed by atoms with Gasteiger partial charge in [-0.1, -0.05) is 33.2 Å². The minimum absolute atomic E-state index is 0.244. The summed E-state index contributed by atoms with van der Waals surface area (Å²) in [5.74, 6) is -0.966. The average molecular weight is 296 g/mol. The lowest BCUT2D eigenvalue weighted by Gasteiger charge is -2.01.